The van der Waals surface area contributed by atoms with Gasteiger partial charge in [-0.25, -0.2) is 0 Å². The molecule has 0 amide bonds. The molecule has 0 spiro atoms. The highest BCUT2D eigenvalue weighted by molar-refractivity contribution is 6.39. The Kier molecular flexibility index (Phi) is 4.55. The fraction of sp³-hybridized carbons (Fsp3) is 0.538. The number of anilines is 1. The molecule has 1 aromatic rings. The largest absolute Gasteiger partial charge is 0.391 e. The van der Waals surface area contributed by atoms with Crippen molar-refractivity contribution in [2.24, 2.45) is 0 Å². The lowest BCUT2D eigenvalue weighted by atomic mass is 10.1. The molecule has 94 valence electrons. The first-order valence-electron chi connectivity index (χ1n) is 6.07. The third kappa shape index (κ3) is 3.27. The molecular formula is C13H17Cl2NO. The van der Waals surface area contributed by atoms with Crippen LogP contribution in [0.1, 0.15) is 32.1 Å². The molecule has 0 heterocycles. The van der Waals surface area contributed by atoms with Crippen molar-refractivity contribution in [2.75, 3.05) is 5.32 Å². The van der Waals surface area contributed by atoms with Gasteiger partial charge in [-0.15, -0.1) is 0 Å². The van der Waals surface area contributed by atoms with Crippen molar-refractivity contribution in [3.8, 4) is 0 Å². The molecule has 4 heteroatoms. The van der Waals surface area contributed by atoms with Crippen LogP contribution >= 0.6 is 23.2 Å². The molecule has 0 aliphatic heterocycles. The predicted molar refractivity (Wildman–Crippen MR) is 73.0 cm³/mol. The van der Waals surface area contributed by atoms with Crippen molar-refractivity contribution in [2.45, 2.75) is 44.2 Å². The molecular weight excluding hydrogens is 257 g/mol. The molecule has 0 saturated heterocycles. The van der Waals surface area contributed by atoms with Crippen LogP contribution < -0.4 is 5.32 Å². The van der Waals surface area contributed by atoms with Gasteiger partial charge in [-0.1, -0.05) is 48.5 Å². The van der Waals surface area contributed by atoms with E-state index < -0.39 is 0 Å². The first kappa shape index (κ1) is 13.0. The maximum absolute atomic E-state index is 10.0. The average Bonchev–Trinajstić information content (AvgIpc) is 2.49. The van der Waals surface area contributed by atoms with Crippen molar-refractivity contribution < 1.29 is 5.11 Å². The molecule has 2 atom stereocenters. The van der Waals surface area contributed by atoms with Crippen LogP contribution in [-0.2, 0) is 0 Å². The van der Waals surface area contributed by atoms with E-state index in [9.17, 15) is 5.11 Å². The molecule has 0 radical (unpaired) electrons. The minimum Gasteiger partial charge on any atom is -0.391 e. The zero-order valence-electron chi connectivity index (χ0n) is 9.63. The summed E-state index contributed by atoms with van der Waals surface area (Å²) in [6.45, 7) is 0. The number of hydrogen-bond donors (Lipinski definition) is 2. The number of para-hydroxylation sites is 1. The number of aliphatic hydroxyl groups is 1. The van der Waals surface area contributed by atoms with Crippen molar-refractivity contribution in [3.63, 3.8) is 0 Å². The number of halogens is 2. The fourth-order valence-electron chi connectivity index (χ4n) is 2.28. The van der Waals surface area contributed by atoms with Crippen LogP contribution in [-0.4, -0.2) is 17.3 Å². The smallest absolute Gasteiger partial charge is 0.0741 e. The number of nitrogens with one attached hydrogen (secondary N) is 1. The molecule has 0 aromatic heterocycles. The van der Waals surface area contributed by atoms with Crippen LogP contribution in [0.5, 0.6) is 0 Å². The number of aliphatic hydroxyl groups excluding tert-OH is 1. The summed E-state index contributed by atoms with van der Waals surface area (Å²) in [5.41, 5.74) is 0.738. The summed E-state index contributed by atoms with van der Waals surface area (Å²) in [6, 6.07) is 5.48. The number of benzene rings is 1. The molecule has 2 nitrogen and oxygen atoms in total. The lowest BCUT2D eigenvalue weighted by Gasteiger charge is -2.24. The van der Waals surface area contributed by atoms with E-state index in [0.717, 1.165) is 31.4 Å². The second-order valence-corrected chi connectivity index (χ2v) is 5.37. The Morgan fingerprint density at radius 2 is 1.71 bits per heavy atom. The van der Waals surface area contributed by atoms with E-state index in [-0.39, 0.29) is 12.1 Å². The third-order valence-corrected chi connectivity index (χ3v) is 3.90. The summed E-state index contributed by atoms with van der Waals surface area (Å²) in [5, 5.41) is 14.5. The topological polar surface area (TPSA) is 32.3 Å². The van der Waals surface area contributed by atoms with E-state index >= 15 is 0 Å². The quantitative estimate of drug-likeness (QED) is 0.796. The summed E-state index contributed by atoms with van der Waals surface area (Å²) in [4.78, 5) is 0. The first-order chi connectivity index (χ1) is 8.18. The Bertz CT molecular complexity index is 363. The molecule has 17 heavy (non-hydrogen) atoms. The highest BCUT2D eigenvalue weighted by atomic mass is 35.5. The minimum atomic E-state index is -0.315. The van der Waals surface area contributed by atoms with Crippen LogP contribution in [0, 0.1) is 0 Å². The van der Waals surface area contributed by atoms with Crippen LogP contribution in [0.15, 0.2) is 18.2 Å². The van der Waals surface area contributed by atoms with Gasteiger partial charge in [0.2, 0.25) is 0 Å². The van der Waals surface area contributed by atoms with E-state index in [4.69, 9.17) is 23.2 Å². The van der Waals surface area contributed by atoms with Crippen LogP contribution in [0.4, 0.5) is 5.69 Å². The second-order valence-electron chi connectivity index (χ2n) is 4.55. The van der Waals surface area contributed by atoms with Gasteiger partial charge in [0, 0.05) is 0 Å². The predicted octanol–water partition coefficient (Wildman–Crippen LogP) is 4.10. The molecule has 1 saturated carbocycles. The van der Waals surface area contributed by atoms with Crippen LogP contribution in [0.3, 0.4) is 0 Å². The highest BCUT2D eigenvalue weighted by Crippen LogP contribution is 2.32. The third-order valence-electron chi connectivity index (χ3n) is 3.27. The Morgan fingerprint density at radius 3 is 2.41 bits per heavy atom. The zero-order valence-corrected chi connectivity index (χ0v) is 11.1. The van der Waals surface area contributed by atoms with E-state index in [1.165, 1.54) is 6.42 Å². The lowest BCUT2D eigenvalue weighted by Crippen LogP contribution is -2.32. The number of rotatable bonds is 2. The first-order valence-corrected chi connectivity index (χ1v) is 6.82. The molecule has 2 N–H and O–H groups in total. The van der Waals surface area contributed by atoms with Gasteiger partial charge in [-0.2, -0.15) is 0 Å². The van der Waals surface area contributed by atoms with Gasteiger partial charge in [0.05, 0.1) is 27.9 Å². The standard InChI is InChI=1S/C13H17Cl2NO/c14-9-5-4-6-10(15)13(9)16-11-7-2-1-3-8-12(11)17/h4-6,11-12,16-17H,1-3,7-8H2. The number of hydrogen-bond acceptors (Lipinski definition) is 2. The van der Waals surface area contributed by atoms with Gasteiger partial charge in [0.15, 0.2) is 0 Å². The molecule has 1 aliphatic carbocycles. The van der Waals surface area contributed by atoms with Crippen LogP contribution in [0.25, 0.3) is 0 Å². The van der Waals surface area contributed by atoms with E-state index in [1.54, 1.807) is 12.1 Å². The van der Waals surface area contributed by atoms with Crippen LogP contribution in [0.2, 0.25) is 10.0 Å². The van der Waals surface area contributed by atoms with Crippen molar-refractivity contribution in [1.82, 2.24) is 0 Å². The SMILES string of the molecule is OC1CCCCCC1Nc1c(Cl)cccc1Cl. The Morgan fingerprint density at radius 1 is 1.06 bits per heavy atom. The maximum atomic E-state index is 10.0. The van der Waals surface area contributed by atoms with Crippen molar-refractivity contribution in [1.29, 1.82) is 0 Å². The summed E-state index contributed by atoms with van der Waals surface area (Å²) >= 11 is 12.2. The highest BCUT2D eigenvalue weighted by Gasteiger charge is 2.22. The summed E-state index contributed by atoms with van der Waals surface area (Å²) in [7, 11) is 0. The Hall–Kier alpha value is -0.440. The second kappa shape index (κ2) is 5.94. The van der Waals surface area contributed by atoms with Gasteiger partial charge in [0.1, 0.15) is 0 Å². The molecule has 1 aromatic carbocycles. The van der Waals surface area contributed by atoms with Gasteiger partial charge in [-0.05, 0) is 25.0 Å². The molecule has 2 unspecified atom stereocenters. The molecule has 1 aliphatic rings. The molecule has 1 fully saturated rings. The van der Waals surface area contributed by atoms with Gasteiger partial charge in [-0.3, -0.25) is 0 Å². The molecule has 0 bridgehead atoms. The Balaban J connectivity index is 2.13. The van der Waals surface area contributed by atoms with E-state index in [0.29, 0.717) is 10.0 Å². The fourth-order valence-corrected chi connectivity index (χ4v) is 2.78. The molecule has 2 rings (SSSR count). The maximum Gasteiger partial charge on any atom is 0.0741 e. The summed E-state index contributed by atoms with van der Waals surface area (Å²) in [6.07, 6.45) is 4.91. The van der Waals surface area contributed by atoms with Crippen molar-refractivity contribution in [3.05, 3.63) is 28.2 Å². The Labute approximate surface area is 112 Å². The van der Waals surface area contributed by atoms with Crippen molar-refractivity contribution >= 4 is 28.9 Å². The van der Waals surface area contributed by atoms with Gasteiger partial charge >= 0.3 is 0 Å². The monoisotopic (exact) mass is 273 g/mol. The van der Waals surface area contributed by atoms with Gasteiger partial charge in [0.25, 0.3) is 0 Å². The van der Waals surface area contributed by atoms with Gasteiger partial charge < -0.3 is 10.4 Å². The minimum absolute atomic E-state index is 0.0508. The van der Waals surface area contributed by atoms with E-state index in [2.05, 4.69) is 5.32 Å². The summed E-state index contributed by atoms with van der Waals surface area (Å²) in [5.74, 6) is 0. The normalized spacial score (nSPS) is 25.4. The zero-order chi connectivity index (χ0) is 12.3. The lowest BCUT2D eigenvalue weighted by molar-refractivity contribution is 0.144. The average molecular weight is 274 g/mol. The summed E-state index contributed by atoms with van der Waals surface area (Å²) < 4.78 is 0. The van der Waals surface area contributed by atoms with E-state index in [1.807, 2.05) is 6.07 Å².